The average Bonchev–Trinajstić information content (AvgIpc) is 2.59. The molecule has 3 heteroatoms. The van der Waals surface area contributed by atoms with Crippen LogP contribution in [0.1, 0.15) is 26.7 Å². The summed E-state index contributed by atoms with van der Waals surface area (Å²) in [4.78, 5) is 2.33. The molecule has 1 fully saturated rings. The molecule has 0 unspecified atom stereocenters. The van der Waals surface area contributed by atoms with Gasteiger partial charge in [0.1, 0.15) is 0 Å². The van der Waals surface area contributed by atoms with Gasteiger partial charge in [-0.05, 0) is 25.3 Å². The molecule has 1 saturated heterocycles. The van der Waals surface area contributed by atoms with Crippen molar-refractivity contribution in [2.24, 2.45) is 5.92 Å². The molecule has 0 aromatic heterocycles. The number of likely N-dealkylation sites (tertiary alicyclic amines) is 1. The highest BCUT2D eigenvalue weighted by Crippen LogP contribution is 2.15. The molecule has 0 radical (unpaired) electrons. The molecule has 84 valence electrons. The molecule has 0 aromatic rings. The van der Waals surface area contributed by atoms with Crippen LogP contribution in [-0.4, -0.2) is 49.0 Å². The summed E-state index contributed by atoms with van der Waals surface area (Å²) in [5.41, 5.74) is 0. The molecule has 1 aliphatic rings. The SMILES string of the molecule is CC(C)COCCN1CCC[C@@H]1CO. The molecular formula is C11H23NO2. The van der Waals surface area contributed by atoms with Gasteiger partial charge in [0.25, 0.3) is 0 Å². The Hall–Kier alpha value is -0.120. The summed E-state index contributed by atoms with van der Waals surface area (Å²) in [5.74, 6) is 0.613. The van der Waals surface area contributed by atoms with Crippen molar-refractivity contribution in [1.82, 2.24) is 4.90 Å². The van der Waals surface area contributed by atoms with Crippen LogP contribution in [0.4, 0.5) is 0 Å². The minimum Gasteiger partial charge on any atom is -0.395 e. The normalized spacial score (nSPS) is 23.6. The molecule has 1 rings (SSSR count). The van der Waals surface area contributed by atoms with Crippen molar-refractivity contribution < 1.29 is 9.84 Å². The van der Waals surface area contributed by atoms with Gasteiger partial charge in [0.2, 0.25) is 0 Å². The fraction of sp³-hybridized carbons (Fsp3) is 1.00. The molecule has 1 N–H and O–H groups in total. The highest BCUT2D eigenvalue weighted by molar-refractivity contribution is 4.77. The number of hydrogen-bond donors (Lipinski definition) is 1. The van der Waals surface area contributed by atoms with E-state index in [1.807, 2.05) is 0 Å². The summed E-state index contributed by atoms with van der Waals surface area (Å²) < 4.78 is 5.53. The van der Waals surface area contributed by atoms with Crippen molar-refractivity contribution in [3.63, 3.8) is 0 Å². The van der Waals surface area contributed by atoms with E-state index < -0.39 is 0 Å². The second kappa shape index (κ2) is 6.38. The van der Waals surface area contributed by atoms with E-state index in [0.29, 0.717) is 18.6 Å². The Morgan fingerprint density at radius 3 is 2.93 bits per heavy atom. The lowest BCUT2D eigenvalue weighted by molar-refractivity contribution is 0.0719. The zero-order chi connectivity index (χ0) is 10.4. The predicted octanol–water partition coefficient (Wildman–Crippen LogP) is 1.12. The zero-order valence-corrected chi connectivity index (χ0v) is 9.41. The van der Waals surface area contributed by atoms with Crippen LogP contribution >= 0.6 is 0 Å². The van der Waals surface area contributed by atoms with Crippen LogP contribution in [0.25, 0.3) is 0 Å². The molecule has 1 atom stereocenters. The first kappa shape index (κ1) is 12.0. The molecule has 0 spiro atoms. The van der Waals surface area contributed by atoms with E-state index in [4.69, 9.17) is 9.84 Å². The van der Waals surface area contributed by atoms with Gasteiger partial charge in [-0.15, -0.1) is 0 Å². The lowest BCUT2D eigenvalue weighted by Gasteiger charge is -2.22. The Morgan fingerprint density at radius 2 is 2.29 bits per heavy atom. The molecule has 0 aromatic carbocycles. The van der Waals surface area contributed by atoms with E-state index in [-0.39, 0.29) is 0 Å². The Labute approximate surface area is 87.1 Å². The van der Waals surface area contributed by atoms with Crippen LogP contribution in [0.2, 0.25) is 0 Å². The first-order valence-corrected chi connectivity index (χ1v) is 5.66. The third-order valence-corrected chi connectivity index (χ3v) is 2.68. The van der Waals surface area contributed by atoms with E-state index in [0.717, 1.165) is 32.7 Å². The number of aliphatic hydroxyl groups is 1. The van der Waals surface area contributed by atoms with Gasteiger partial charge in [0.15, 0.2) is 0 Å². The summed E-state index contributed by atoms with van der Waals surface area (Å²) in [7, 11) is 0. The quantitative estimate of drug-likeness (QED) is 0.654. The topological polar surface area (TPSA) is 32.7 Å². The van der Waals surface area contributed by atoms with E-state index in [1.54, 1.807) is 0 Å². The summed E-state index contributed by atoms with van der Waals surface area (Å²) in [6, 6.07) is 0.387. The molecule has 14 heavy (non-hydrogen) atoms. The van der Waals surface area contributed by atoms with E-state index >= 15 is 0 Å². The van der Waals surface area contributed by atoms with Gasteiger partial charge in [-0.1, -0.05) is 13.8 Å². The van der Waals surface area contributed by atoms with Crippen LogP contribution in [0.3, 0.4) is 0 Å². The third kappa shape index (κ3) is 3.95. The molecule has 0 aliphatic carbocycles. The summed E-state index contributed by atoms with van der Waals surface area (Å²) in [5, 5.41) is 9.10. The molecule has 1 heterocycles. The zero-order valence-electron chi connectivity index (χ0n) is 9.41. The molecule has 1 aliphatic heterocycles. The monoisotopic (exact) mass is 201 g/mol. The van der Waals surface area contributed by atoms with Crippen LogP contribution in [0.15, 0.2) is 0 Å². The van der Waals surface area contributed by atoms with Crippen LogP contribution < -0.4 is 0 Å². The van der Waals surface area contributed by atoms with Crippen LogP contribution in [0.5, 0.6) is 0 Å². The molecule has 3 nitrogen and oxygen atoms in total. The van der Waals surface area contributed by atoms with Crippen LogP contribution in [0, 0.1) is 5.92 Å². The van der Waals surface area contributed by atoms with Crippen molar-refractivity contribution in [2.45, 2.75) is 32.7 Å². The van der Waals surface area contributed by atoms with E-state index in [1.165, 1.54) is 6.42 Å². The smallest absolute Gasteiger partial charge is 0.0593 e. The van der Waals surface area contributed by atoms with Gasteiger partial charge in [0, 0.05) is 19.2 Å². The van der Waals surface area contributed by atoms with Gasteiger partial charge < -0.3 is 9.84 Å². The second-order valence-corrected chi connectivity index (χ2v) is 4.48. The number of hydrogen-bond acceptors (Lipinski definition) is 3. The molecule has 0 saturated carbocycles. The maximum Gasteiger partial charge on any atom is 0.0593 e. The molecule has 0 bridgehead atoms. The Balaban J connectivity index is 2.05. The largest absolute Gasteiger partial charge is 0.395 e. The van der Waals surface area contributed by atoms with E-state index in [2.05, 4.69) is 18.7 Å². The first-order valence-electron chi connectivity index (χ1n) is 5.66. The summed E-state index contributed by atoms with van der Waals surface area (Å²) >= 11 is 0. The summed E-state index contributed by atoms with van der Waals surface area (Å²) in [6.45, 7) is 8.35. The Bertz CT molecular complexity index is 150. The minimum absolute atomic E-state index is 0.296. The van der Waals surface area contributed by atoms with Gasteiger partial charge in [-0.25, -0.2) is 0 Å². The van der Waals surface area contributed by atoms with Gasteiger partial charge in [-0.2, -0.15) is 0 Å². The van der Waals surface area contributed by atoms with Gasteiger partial charge >= 0.3 is 0 Å². The minimum atomic E-state index is 0.296. The van der Waals surface area contributed by atoms with Crippen molar-refractivity contribution in [3.8, 4) is 0 Å². The highest BCUT2D eigenvalue weighted by Gasteiger charge is 2.22. The van der Waals surface area contributed by atoms with E-state index in [9.17, 15) is 0 Å². The highest BCUT2D eigenvalue weighted by atomic mass is 16.5. The molecular weight excluding hydrogens is 178 g/mol. The Kier molecular flexibility index (Phi) is 5.45. The van der Waals surface area contributed by atoms with Crippen molar-refractivity contribution in [3.05, 3.63) is 0 Å². The predicted molar refractivity (Wildman–Crippen MR) is 57.3 cm³/mol. The number of rotatable bonds is 6. The number of aliphatic hydroxyl groups excluding tert-OH is 1. The van der Waals surface area contributed by atoms with Crippen LogP contribution in [-0.2, 0) is 4.74 Å². The lowest BCUT2D eigenvalue weighted by atomic mass is 10.2. The first-order chi connectivity index (χ1) is 6.74. The average molecular weight is 201 g/mol. The van der Waals surface area contributed by atoms with Crippen molar-refractivity contribution in [1.29, 1.82) is 0 Å². The van der Waals surface area contributed by atoms with Crippen molar-refractivity contribution >= 4 is 0 Å². The Morgan fingerprint density at radius 1 is 1.50 bits per heavy atom. The second-order valence-electron chi connectivity index (χ2n) is 4.48. The maximum absolute atomic E-state index is 9.10. The maximum atomic E-state index is 9.10. The fourth-order valence-corrected chi connectivity index (χ4v) is 1.90. The fourth-order valence-electron chi connectivity index (χ4n) is 1.90. The standard InChI is InChI=1S/C11H23NO2/c1-10(2)9-14-7-6-12-5-3-4-11(12)8-13/h10-11,13H,3-9H2,1-2H3/t11-/m1/s1. The number of ether oxygens (including phenoxy) is 1. The number of nitrogens with zero attached hydrogens (tertiary/aromatic N) is 1. The molecule has 0 amide bonds. The lowest BCUT2D eigenvalue weighted by Crippen LogP contribution is -2.35. The van der Waals surface area contributed by atoms with Crippen molar-refractivity contribution in [2.75, 3.05) is 32.9 Å². The van der Waals surface area contributed by atoms with Gasteiger partial charge in [0.05, 0.1) is 13.2 Å². The summed E-state index contributed by atoms with van der Waals surface area (Å²) in [6.07, 6.45) is 2.36. The third-order valence-electron chi connectivity index (χ3n) is 2.68. The van der Waals surface area contributed by atoms with Gasteiger partial charge in [-0.3, -0.25) is 4.90 Å².